The SMILES string of the molecule is Cn1c(=O)c(C(=O)NCC(=O)O)c(O)c2cc(CNC(=O)[C@@H](Cc3ccccc3)NC(=O)C[C@H](Cc3ccccc3)NC(=O)C(C)(C)C)ccc21. The summed E-state index contributed by atoms with van der Waals surface area (Å²) < 4.78 is 1.16. The third kappa shape index (κ3) is 10.3. The molecule has 4 rings (SSSR count). The van der Waals surface area contributed by atoms with Crippen molar-refractivity contribution in [2.24, 2.45) is 12.5 Å². The monoisotopic (exact) mass is 697 g/mol. The number of benzene rings is 3. The van der Waals surface area contributed by atoms with Crippen LogP contribution < -0.4 is 26.8 Å². The van der Waals surface area contributed by atoms with Crippen LogP contribution in [0.1, 0.15) is 54.2 Å². The van der Waals surface area contributed by atoms with Gasteiger partial charge in [0, 0.05) is 43.3 Å². The topological polar surface area (TPSA) is 196 Å². The molecule has 0 saturated carbocycles. The van der Waals surface area contributed by atoms with E-state index in [4.69, 9.17) is 5.11 Å². The van der Waals surface area contributed by atoms with Gasteiger partial charge in [0.1, 0.15) is 23.9 Å². The van der Waals surface area contributed by atoms with E-state index in [-0.39, 0.29) is 30.7 Å². The number of amides is 4. The average molecular weight is 698 g/mol. The molecular weight excluding hydrogens is 654 g/mol. The second kappa shape index (κ2) is 16.6. The number of fused-ring (bicyclic) bond motifs is 1. The lowest BCUT2D eigenvalue weighted by Gasteiger charge is -2.25. The number of hydrogen-bond donors (Lipinski definition) is 6. The first-order chi connectivity index (χ1) is 24.1. The Bertz CT molecular complexity index is 1970. The van der Waals surface area contributed by atoms with Crippen molar-refractivity contribution in [3.63, 3.8) is 0 Å². The Labute approximate surface area is 295 Å². The lowest BCUT2D eigenvalue weighted by atomic mass is 9.94. The zero-order valence-corrected chi connectivity index (χ0v) is 29.0. The fourth-order valence-corrected chi connectivity index (χ4v) is 5.46. The van der Waals surface area contributed by atoms with E-state index in [1.807, 2.05) is 60.7 Å². The van der Waals surface area contributed by atoms with Gasteiger partial charge >= 0.3 is 5.97 Å². The Morgan fingerprint density at radius 2 is 1.41 bits per heavy atom. The van der Waals surface area contributed by atoms with E-state index in [9.17, 15) is 33.9 Å². The molecule has 0 fully saturated rings. The van der Waals surface area contributed by atoms with Crippen LogP contribution in [0.4, 0.5) is 0 Å². The zero-order valence-electron chi connectivity index (χ0n) is 29.0. The van der Waals surface area contributed by atoms with E-state index >= 15 is 0 Å². The van der Waals surface area contributed by atoms with Gasteiger partial charge in [-0.15, -0.1) is 0 Å². The molecule has 0 saturated heterocycles. The highest BCUT2D eigenvalue weighted by atomic mass is 16.4. The molecule has 1 aromatic heterocycles. The van der Waals surface area contributed by atoms with Gasteiger partial charge in [-0.3, -0.25) is 28.8 Å². The van der Waals surface area contributed by atoms with E-state index in [0.717, 1.165) is 15.7 Å². The van der Waals surface area contributed by atoms with Crippen LogP contribution in [-0.2, 0) is 45.6 Å². The quantitative estimate of drug-likeness (QED) is 0.116. The number of aliphatic carboxylic acids is 1. The molecule has 6 N–H and O–H groups in total. The summed E-state index contributed by atoms with van der Waals surface area (Å²) in [5.74, 6) is -4.10. The van der Waals surface area contributed by atoms with Crippen molar-refractivity contribution >= 4 is 40.5 Å². The summed E-state index contributed by atoms with van der Waals surface area (Å²) in [7, 11) is 1.41. The molecule has 4 amide bonds. The van der Waals surface area contributed by atoms with Crippen LogP contribution >= 0.6 is 0 Å². The van der Waals surface area contributed by atoms with Gasteiger partial charge in [0.25, 0.3) is 11.5 Å². The molecule has 13 heteroatoms. The van der Waals surface area contributed by atoms with Crippen molar-refractivity contribution in [3.05, 3.63) is 111 Å². The van der Waals surface area contributed by atoms with Gasteiger partial charge in [0.2, 0.25) is 17.7 Å². The van der Waals surface area contributed by atoms with Gasteiger partial charge in [0.05, 0.1) is 5.52 Å². The number of aryl methyl sites for hydroxylation is 1. The molecule has 0 aliphatic rings. The number of carboxylic acids is 1. The molecular formula is C38H43N5O8. The van der Waals surface area contributed by atoms with E-state index in [1.54, 1.807) is 32.9 Å². The minimum Gasteiger partial charge on any atom is -0.506 e. The van der Waals surface area contributed by atoms with Gasteiger partial charge in [-0.2, -0.15) is 0 Å². The van der Waals surface area contributed by atoms with E-state index in [1.165, 1.54) is 13.1 Å². The molecule has 51 heavy (non-hydrogen) atoms. The number of hydrogen-bond acceptors (Lipinski definition) is 7. The van der Waals surface area contributed by atoms with Crippen molar-refractivity contribution in [1.82, 2.24) is 25.8 Å². The number of carbonyl (C=O) groups is 5. The van der Waals surface area contributed by atoms with Crippen LogP contribution in [0, 0.1) is 5.41 Å². The highest BCUT2D eigenvalue weighted by Crippen LogP contribution is 2.27. The second-order valence-corrected chi connectivity index (χ2v) is 13.4. The fourth-order valence-electron chi connectivity index (χ4n) is 5.46. The predicted octanol–water partition coefficient (Wildman–Crippen LogP) is 2.57. The molecule has 268 valence electrons. The minimum atomic E-state index is -1.32. The van der Waals surface area contributed by atoms with Crippen molar-refractivity contribution in [2.75, 3.05) is 6.54 Å². The Morgan fingerprint density at radius 1 is 0.804 bits per heavy atom. The molecule has 2 atom stereocenters. The summed E-state index contributed by atoms with van der Waals surface area (Å²) in [5, 5.41) is 30.7. The van der Waals surface area contributed by atoms with Crippen LogP contribution in [0.2, 0.25) is 0 Å². The number of nitrogens with zero attached hydrogens (tertiary/aromatic N) is 1. The number of carboxylic acid groups (broad SMARTS) is 1. The largest absolute Gasteiger partial charge is 0.506 e. The van der Waals surface area contributed by atoms with Gasteiger partial charge in [0.15, 0.2) is 0 Å². The van der Waals surface area contributed by atoms with Crippen LogP contribution in [0.5, 0.6) is 5.75 Å². The lowest BCUT2D eigenvalue weighted by molar-refractivity contribution is -0.136. The minimum absolute atomic E-state index is 0.0307. The van der Waals surface area contributed by atoms with Gasteiger partial charge in [-0.25, -0.2) is 0 Å². The van der Waals surface area contributed by atoms with E-state index in [0.29, 0.717) is 17.5 Å². The van der Waals surface area contributed by atoms with Crippen molar-refractivity contribution < 1.29 is 34.2 Å². The molecule has 0 bridgehead atoms. The number of aromatic hydroxyl groups is 1. The van der Waals surface area contributed by atoms with Crippen LogP contribution in [0.25, 0.3) is 10.9 Å². The first-order valence-electron chi connectivity index (χ1n) is 16.4. The summed E-state index contributed by atoms with van der Waals surface area (Å²) >= 11 is 0. The maximum atomic E-state index is 13.7. The number of carbonyl (C=O) groups excluding carboxylic acids is 4. The first-order valence-corrected chi connectivity index (χ1v) is 16.4. The van der Waals surface area contributed by atoms with Gasteiger partial charge in [-0.05, 0) is 35.2 Å². The molecule has 0 unspecified atom stereocenters. The Hall–Kier alpha value is -5.98. The number of pyridine rings is 1. The van der Waals surface area contributed by atoms with E-state index in [2.05, 4.69) is 21.3 Å². The Morgan fingerprint density at radius 3 is 2.00 bits per heavy atom. The predicted molar refractivity (Wildman–Crippen MR) is 191 cm³/mol. The Balaban J connectivity index is 1.54. The van der Waals surface area contributed by atoms with Crippen molar-refractivity contribution in [3.8, 4) is 5.75 Å². The zero-order chi connectivity index (χ0) is 37.3. The molecule has 1 heterocycles. The number of nitrogens with one attached hydrogen (secondary N) is 4. The third-order valence-electron chi connectivity index (χ3n) is 8.23. The van der Waals surface area contributed by atoms with Crippen LogP contribution in [0.15, 0.2) is 83.7 Å². The normalized spacial score (nSPS) is 12.4. The summed E-state index contributed by atoms with van der Waals surface area (Å²) in [6.45, 7) is 4.59. The fraction of sp³-hybridized carbons (Fsp3) is 0.316. The molecule has 0 radical (unpaired) electrons. The molecule has 3 aromatic carbocycles. The Kier molecular flexibility index (Phi) is 12.3. The van der Waals surface area contributed by atoms with Crippen molar-refractivity contribution in [1.29, 1.82) is 0 Å². The maximum absolute atomic E-state index is 13.7. The molecule has 0 aliphatic heterocycles. The number of rotatable bonds is 14. The van der Waals surface area contributed by atoms with Crippen molar-refractivity contribution in [2.45, 2.75) is 58.7 Å². The lowest BCUT2D eigenvalue weighted by Crippen LogP contribution is -2.50. The highest BCUT2D eigenvalue weighted by molar-refractivity contribution is 6.03. The molecule has 4 aromatic rings. The standard InChI is InChI=1S/C38H43N5O8/c1-38(2,3)37(51)41-26(17-23-11-7-5-8-12-23)20-30(44)42-28(19-24-13-9-6-10-14-24)34(48)39-21-25-15-16-29-27(18-25)33(47)32(36(50)43(29)4)35(49)40-22-31(45)46/h5-16,18,26,28,47H,17,19-22H2,1-4H3,(H,39,48)(H,40,49)(H,41,51)(H,42,44)(H,45,46)/t26-,28+/m0/s1. The third-order valence-corrected chi connectivity index (χ3v) is 8.23. The van der Waals surface area contributed by atoms with E-state index < -0.39 is 64.6 Å². The maximum Gasteiger partial charge on any atom is 0.322 e. The summed E-state index contributed by atoms with van der Waals surface area (Å²) in [5.41, 5.74) is 0.473. The van der Waals surface area contributed by atoms with Crippen LogP contribution in [-0.4, -0.2) is 63.0 Å². The summed E-state index contributed by atoms with van der Waals surface area (Å²) in [6, 6.07) is 21.9. The summed E-state index contributed by atoms with van der Waals surface area (Å²) in [6.07, 6.45) is 0.529. The second-order valence-electron chi connectivity index (χ2n) is 13.4. The van der Waals surface area contributed by atoms with Gasteiger partial charge in [-0.1, -0.05) is 87.5 Å². The number of aromatic nitrogens is 1. The molecule has 0 spiro atoms. The van der Waals surface area contributed by atoms with Crippen LogP contribution in [0.3, 0.4) is 0 Å². The van der Waals surface area contributed by atoms with Gasteiger partial charge < -0.3 is 36.0 Å². The highest BCUT2D eigenvalue weighted by Gasteiger charge is 2.28. The first kappa shape index (κ1) is 37.8. The molecule has 13 nitrogen and oxygen atoms in total. The average Bonchev–Trinajstić information content (AvgIpc) is 3.08. The smallest absolute Gasteiger partial charge is 0.322 e. The summed E-state index contributed by atoms with van der Waals surface area (Å²) in [4.78, 5) is 76.4. The molecule has 0 aliphatic carbocycles.